The van der Waals surface area contributed by atoms with E-state index in [0.29, 0.717) is 6.04 Å². The van der Waals surface area contributed by atoms with Gasteiger partial charge in [0.05, 0.1) is 13.2 Å². The predicted octanol–water partition coefficient (Wildman–Crippen LogP) is 3.45. The van der Waals surface area contributed by atoms with E-state index in [1.807, 2.05) is 6.07 Å². The molecule has 1 fully saturated rings. The Balaban J connectivity index is 1.75. The molecule has 2 atom stereocenters. The van der Waals surface area contributed by atoms with Gasteiger partial charge in [0.15, 0.2) is 11.5 Å². The largest absolute Gasteiger partial charge is 0.490 e. The molecule has 1 heterocycles. The van der Waals surface area contributed by atoms with Crippen molar-refractivity contribution in [3.05, 3.63) is 18.2 Å². The monoisotopic (exact) mass is 247 g/mol. The molecule has 0 saturated heterocycles. The van der Waals surface area contributed by atoms with E-state index >= 15 is 0 Å². The summed E-state index contributed by atoms with van der Waals surface area (Å²) in [5.74, 6) is 2.52. The lowest BCUT2D eigenvalue weighted by atomic mass is 10.1. The molecule has 0 aromatic heterocycles. The van der Waals surface area contributed by atoms with E-state index in [1.54, 1.807) is 0 Å². The Morgan fingerprint density at radius 1 is 1.06 bits per heavy atom. The van der Waals surface area contributed by atoms with Crippen LogP contribution in [0.3, 0.4) is 0 Å². The molecule has 1 N–H and O–H groups in total. The number of hydrogen-bond donors (Lipinski definition) is 1. The molecule has 1 aliphatic heterocycles. The fourth-order valence-electron chi connectivity index (χ4n) is 2.83. The second kappa shape index (κ2) is 5.09. The fraction of sp³-hybridized carbons (Fsp3) is 0.600. The highest BCUT2D eigenvalue weighted by atomic mass is 16.5. The minimum absolute atomic E-state index is 0.606. The minimum atomic E-state index is 0.606. The van der Waals surface area contributed by atoms with Gasteiger partial charge in [0.1, 0.15) is 0 Å². The SMILES string of the molecule is CC1CCCC1Nc1ccc2c(c1)OCCCO2. The van der Waals surface area contributed by atoms with Crippen LogP contribution in [-0.4, -0.2) is 19.3 Å². The van der Waals surface area contributed by atoms with Gasteiger partial charge in [-0.05, 0) is 30.9 Å². The number of benzene rings is 1. The molecule has 3 nitrogen and oxygen atoms in total. The van der Waals surface area contributed by atoms with Crippen LogP contribution >= 0.6 is 0 Å². The van der Waals surface area contributed by atoms with Crippen LogP contribution in [0.5, 0.6) is 11.5 Å². The van der Waals surface area contributed by atoms with Gasteiger partial charge in [-0.3, -0.25) is 0 Å². The zero-order chi connectivity index (χ0) is 12.4. The number of rotatable bonds is 2. The molecular formula is C15H21NO2. The molecule has 0 amide bonds. The van der Waals surface area contributed by atoms with Gasteiger partial charge in [0.25, 0.3) is 0 Å². The zero-order valence-corrected chi connectivity index (χ0v) is 10.9. The van der Waals surface area contributed by atoms with Gasteiger partial charge in [0, 0.05) is 24.2 Å². The molecule has 2 unspecified atom stereocenters. The minimum Gasteiger partial charge on any atom is -0.490 e. The van der Waals surface area contributed by atoms with Crippen LogP contribution in [0, 0.1) is 5.92 Å². The fourth-order valence-corrected chi connectivity index (χ4v) is 2.83. The molecule has 1 saturated carbocycles. The average Bonchev–Trinajstić information content (AvgIpc) is 2.65. The summed E-state index contributed by atoms with van der Waals surface area (Å²) in [4.78, 5) is 0. The van der Waals surface area contributed by atoms with E-state index < -0.39 is 0 Å². The Hall–Kier alpha value is -1.38. The van der Waals surface area contributed by atoms with Crippen LogP contribution in [0.1, 0.15) is 32.6 Å². The first-order valence-electron chi connectivity index (χ1n) is 6.99. The Labute approximate surface area is 108 Å². The van der Waals surface area contributed by atoms with Crippen LogP contribution < -0.4 is 14.8 Å². The summed E-state index contributed by atoms with van der Waals surface area (Å²) in [7, 11) is 0. The average molecular weight is 247 g/mol. The second-order valence-corrected chi connectivity index (χ2v) is 5.37. The molecular weight excluding hydrogens is 226 g/mol. The number of fused-ring (bicyclic) bond motifs is 1. The molecule has 98 valence electrons. The predicted molar refractivity (Wildman–Crippen MR) is 72.5 cm³/mol. The maximum absolute atomic E-state index is 5.72. The smallest absolute Gasteiger partial charge is 0.163 e. The van der Waals surface area contributed by atoms with E-state index in [-0.39, 0.29) is 0 Å². The summed E-state index contributed by atoms with van der Waals surface area (Å²) in [6.45, 7) is 3.82. The van der Waals surface area contributed by atoms with E-state index in [1.165, 1.54) is 19.3 Å². The van der Waals surface area contributed by atoms with E-state index in [2.05, 4.69) is 24.4 Å². The van der Waals surface area contributed by atoms with Crippen molar-refractivity contribution in [1.82, 2.24) is 0 Å². The molecule has 0 bridgehead atoms. The summed E-state index contributed by atoms with van der Waals surface area (Å²) >= 11 is 0. The molecule has 1 aromatic carbocycles. The van der Waals surface area contributed by atoms with Crippen LogP contribution in [0.4, 0.5) is 5.69 Å². The molecule has 0 spiro atoms. The molecule has 18 heavy (non-hydrogen) atoms. The van der Waals surface area contributed by atoms with Crippen molar-refractivity contribution in [2.75, 3.05) is 18.5 Å². The summed E-state index contributed by atoms with van der Waals surface area (Å²) in [5.41, 5.74) is 1.15. The van der Waals surface area contributed by atoms with E-state index in [4.69, 9.17) is 9.47 Å². The lowest BCUT2D eigenvalue weighted by molar-refractivity contribution is 0.297. The first kappa shape index (κ1) is 11.7. The molecule has 3 heteroatoms. The van der Waals surface area contributed by atoms with Gasteiger partial charge < -0.3 is 14.8 Å². The number of anilines is 1. The maximum atomic E-state index is 5.72. The van der Waals surface area contributed by atoms with Crippen molar-refractivity contribution in [1.29, 1.82) is 0 Å². The highest BCUT2D eigenvalue weighted by Gasteiger charge is 2.23. The zero-order valence-electron chi connectivity index (χ0n) is 10.9. The van der Waals surface area contributed by atoms with Crippen LogP contribution in [0.15, 0.2) is 18.2 Å². The normalized spacial score (nSPS) is 26.7. The third kappa shape index (κ3) is 2.40. The van der Waals surface area contributed by atoms with Gasteiger partial charge in [-0.15, -0.1) is 0 Å². The van der Waals surface area contributed by atoms with Crippen LogP contribution in [0.25, 0.3) is 0 Å². The van der Waals surface area contributed by atoms with Crippen molar-refractivity contribution in [2.24, 2.45) is 5.92 Å². The Morgan fingerprint density at radius 2 is 1.89 bits per heavy atom. The molecule has 1 aromatic rings. The lowest BCUT2D eigenvalue weighted by Crippen LogP contribution is -2.21. The summed E-state index contributed by atoms with van der Waals surface area (Å²) < 4.78 is 11.4. The molecule has 0 radical (unpaired) electrons. The van der Waals surface area contributed by atoms with Gasteiger partial charge >= 0.3 is 0 Å². The third-order valence-corrected chi connectivity index (χ3v) is 3.96. The Bertz CT molecular complexity index is 419. The highest BCUT2D eigenvalue weighted by molar-refractivity contribution is 5.55. The van der Waals surface area contributed by atoms with Gasteiger partial charge in [0.2, 0.25) is 0 Å². The molecule has 2 aliphatic rings. The van der Waals surface area contributed by atoms with Gasteiger partial charge in [-0.2, -0.15) is 0 Å². The summed E-state index contributed by atoms with van der Waals surface area (Å²) in [6, 6.07) is 6.79. The number of hydrogen-bond acceptors (Lipinski definition) is 3. The van der Waals surface area contributed by atoms with E-state index in [9.17, 15) is 0 Å². The van der Waals surface area contributed by atoms with Gasteiger partial charge in [-0.1, -0.05) is 13.3 Å². The Morgan fingerprint density at radius 3 is 2.67 bits per heavy atom. The van der Waals surface area contributed by atoms with Crippen molar-refractivity contribution >= 4 is 5.69 Å². The van der Waals surface area contributed by atoms with Crippen LogP contribution in [-0.2, 0) is 0 Å². The van der Waals surface area contributed by atoms with Crippen molar-refractivity contribution < 1.29 is 9.47 Å². The second-order valence-electron chi connectivity index (χ2n) is 5.37. The standard InChI is InChI=1S/C15H21NO2/c1-11-4-2-5-13(11)16-12-6-7-14-15(10-12)18-9-3-8-17-14/h6-7,10-11,13,16H,2-5,8-9H2,1H3. The Kier molecular flexibility index (Phi) is 3.31. The lowest BCUT2D eigenvalue weighted by Gasteiger charge is -2.19. The molecule has 1 aliphatic carbocycles. The van der Waals surface area contributed by atoms with E-state index in [0.717, 1.165) is 42.7 Å². The van der Waals surface area contributed by atoms with Crippen molar-refractivity contribution in [3.63, 3.8) is 0 Å². The van der Waals surface area contributed by atoms with Gasteiger partial charge in [-0.25, -0.2) is 0 Å². The molecule has 3 rings (SSSR count). The third-order valence-electron chi connectivity index (χ3n) is 3.96. The maximum Gasteiger partial charge on any atom is 0.163 e. The van der Waals surface area contributed by atoms with Crippen molar-refractivity contribution in [2.45, 2.75) is 38.6 Å². The summed E-state index contributed by atoms with van der Waals surface area (Å²) in [6.07, 6.45) is 4.90. The summed E-state index contributed by atoms with van der Waals surface area (Å²) in [5, 5.41) is 3.63. The first-order chi connectivity index (χ1) is 8.83. The van der Waals surface area contributed by atoms with Crippen molar-refractivity contribution in [3.8, 4) is 11.5 Å². The topological polar surface area (TPSA) is 30.5 Å². The quantitative estimate of drug-likeness (QED) is 0.868. The number of ether oxygens (including phenoxy) is 2. The highest BCUT2D eigenvalue weighted by Crippen LogP contribution is 2.34. The first-order valence-corrected chi connectivity index (χ1v) is 6.99. The van der Waals surface area contributed by atoms with Crippen LogP contribution in [0.2, 0.25) is 0 Å². The number of nitrogens with one attached hydrogen (secondary N) is 1.